The van der Waals surface area contributed by atoms with Crippen LogP contribution in [0.15, 0.2) is 77.7 Å². The van der Waals surface area contributed by atoms with Crippen molar-refractivity contribution in [2.24, 2.45) is 0 Å². The van der Waals surface area contributed by atoms with Crippen molar-refractivity contribution >= 4 is 37.5 Å². The maximum Gasteiger partial charge on any atom is 0.299 e. The molecule has 1 fully saturated rings. The van der Waals surface area contributed by atoms with Crippen LogP contribution < -0.4 is 14.4 Å². The maximum atomic E-state index is 13.4. The van der Waals surface area contributed by atoms with Gasteiger partial charge >= 0.3 is 0 Å². The molecule has 0 N–H and O–H groups in total. The number of rotatable bonds is 11. The Balaban J connectivity index is 1.27. The second-order valence-corrected chi connectivity index (χ2v) is 12.8. The second-order valence-electron chi connectivity index (χ2n) is 9.31. The van der Waals surface area contributed by atoms with Crippen LogP contribution in [-0.2, 0) is 35.7 Å². The number of sulfonamides is 1. The van der Waals surface area contributed by atoms with Gasteiger partial charge in [-0.15, -0.1) is 0 Å². The van der Waals surface area contributed by atoms with E-state index in [1.807, 2.05) is 18.2 Å². The Hall–Kier alpha value is -3.78. The predicted molar refractivity (Wildman–Crippen MR) is 144 cm³/mol. The zero-order chi connectivity index (χ0) is 28.5. The summed E-state index contributed by atoms with van der Waals surface area (Å²) in [6.07, 6.45) is 1.56. The van der Waals surface area contributed by atoms with E-state index in [2.05, 4.69) is 4.18 Å². The van der Waals surface area contributed by atoms with Gasteiger partial charge in [0.05, 0.1) is 35.0 Å². The van der Waals surface area contributed by atoms with Crippen LogP contribution in [0, 0.1) is 0 Å². The van der Waals surface area contributed by atoms with Crippen molar-refractivity contribution in [1.29, 1.82) is 0 Å². The fourth-order valence-corrected chi connectivity index (χ4v) is 6.30. The van der Waals surface area contributed by atoms with Crippen molar-refractivity contribution in [3.63, 3.8) is 0 Å². The molecule has 0 saturated carbocycles. The maximum absolute atomic E-state index is 13.4. The third-order valence-electron chi connectivity index (χ3n) is 6.58. The number of fused-ring (bicyclic) bond motifs is 1. The average molecular weight is 587 g/mol. The van der Waals surface area contributed by atoms with Gasteiger partial charge in [-0.05, 0) is 54.4 Å². The SMILES string of the molecule is CS(=O)(=O)OCOc1ccc(CN2C(=O)C(=O)c3cc(S(=O)(=O)N4CC[C@H]4COc4ccccc4)ccc32)cc1. The Labute approximate surface area is 232 Å². The molecule has 5 rings (SSSR count). The Bertz CT molecular complexity index is 1640. The van der Waals surface area contributed by atoms with Crippen LogP contribution in [0.3, 0.4) is 0 Å². The summed E-state index contributed by atoms with van der Waals surface area (Å²) in [5, 5.41) is 0. The lowest BCUT2D eigenvalue weighted by Crippen LogP contribution is -2.53. The van der Waals surface area contributed by atoms with Crippen LogP contribution in [0.1, 0.15) is 22.3 Å². The molecular weight excluding hydrogens is 560 g/mol. The minimum atomic E-state index is -3.91. The van der Waals surface area contributed by atoms with Crippen LogP contribution in [-0.4, -0.2) is 65.1 Å². The molecule has 13 heteroatoms. The molecule has 40 heavy (non-hydrogen) atoms. The van der Waals surface area contributed by atoms with Gasteiger partial charge in [0.15, 0.2) is 0 Å². The number of benzene rings is 3. The van der Waals surface area contributed by atoms with Gasteiger partial charge in [-0.25, -0.2) is 12.6 Å². The van der Waals surface area contributed by atoms with Gasteiger partial charge in [-0.2, -0.15) is 12.7 Å². The number of Topliss-reactive ketones (excluding diaryl/α,β-unsaturated/α-hetero) is 1. The standard InChI is InChI=1S/C27H26N2O9S2/c1-39(32,33)38-18-37-22-9-7-19(8-10-22)16-28-25-12-11-23(15-24(25)26(30)27(28)31)40(34,35)29-14-13-20(29)17-36-21-5-3-2-4-6-21/h2-12,15,20H,13-14,16-18H2,1H3/t20-/m0/s1. The first kappa shape index (κ1) is 27.8. The third-order valence-corrected chi connectivity index (χ3v) is 9.05. The number of ether oxygens (including phenoxy) is 2. The summed E-state index contributed by atoms with van der Waals surface area (Å²) in [5.74, 6) is -0.538. The highest BCUT2D eigenvalue weighted by molar-refractivity contribution is 7.89. The number of ketones is 1. The Morgan fingerprint density at radius 1 is 0.875 bits per heavy atom. The van der Waals surface area contributed by atoms with E-state index in [0.717, 1.165) is 6.26 Å². The number of hydrogen-bond donors (Lipinski definition) is 0. The average Bonchev–Trinajstić information content (AvgIpc) is 3.13. The molecule has 3 aromatic carbocycles. The molecule has 0 spiro atoms. The molecule has 3 aromatic rings. The van der Waals surface area contributed by atoms with Crippen LogP contribution in [0.5, 0.6) is 11.5 Å². The van der Waals surface area contributed by atoms with E-state index in [-0.39, 0.29) is 29.7 Å². The Kier molecular flexibility index (Phi) is 7.64. The van der Waals surface area contributed by atoms with Crippen LogP contribution in [0.25, 0.3) is 0 Å². The molecule has 0 radical (unpaired) electrons. The first-order chi connectivity index (χ1) is 19.0. The molecule has 1 saturated heterocycles. The van der Waals surface area contributed by atoms with E-state index in [1.165, 1.54) is 27.4 Å². The minimum Gasteiger partial charge on any atom is -0.492 e. The summed E-state index contributed by atoms with van der Waals surface area (Å²) in [7, 11) is -7.54. The number of carbonyl (C=O) groups excluding carboxylic acids is 2. The topological polar surface area (TPSA) is 137 Å². The molecule has 0 aromatic heterocycles. The van der Waals surface area contributed by atoms with Crippen molar-refractivity contribution in [2.75, 3.05) is 31.1 Å². The molecule has 0 aliphatic carbocycles. The number of nitrogens with zero attached hydrogens (tertiary/aromatic N) is 2. The van der Waals surface area contributed by atoms with E-state index in [1.54, 1.807) is 36.4 Å². The Morgan fingerprint density at radius 2 is 1.57 bits per heavy atom. The van der Waals surface area contributed by atoms with Gasteiger partial charge in [0.2, 0.25) is 16.8 Å². The number of hydrogen-bond acceptors (Lipinski definition) is 9. The van der Waals surface area contributed by atoms with E-state index >= 15 is 0 Å². The summed E-state index contributed by atoms with van der Waals surface area (Å²) in [5.41, 5.74) is 1.02. The highest BCUT2D eigenvalue weighted by atomic mass is 32.2. The smallest absolute Gasteiger partial charge is 0.299 e. The molecule has 1 atom stereocenters. The van der Waals surface area contributed by atoms with Crippen molar-refractivity contribution in [2.45, 2.75) is 23.9 Å². The van der Waals surface area contributed by atoms with Gasteiger partial charge in [-0.3, -0.25) is 9.59 Å². The highest BCUT2D eigenvalue weighted by Crippen LogP contribution is 2.35. The summed E-state index contributed by atoms with van der Waals surface area (Å²) in [6, 6.07) is 19.4. The van der Waals surface area contributed by atoms with Crippen molar-refractivity contribution in [3.8, 4) is 11.5 Å². The molecule has 210 valence electrons. The van der Waals surface area contributed by atoms with Crippen molar-refractivity contribution in [1.82, 2.24) is 4.31 Å². The first-order valence-corrected chi connectivity index (χ1v) is 15.5. The quantitative estimate of drug-likeness (QED) is 0.189. The van der Waals surface area contributed by atoms with Gasteiger partial charge in [0.25, 0.3) is 21.8 Å². The predicted octanol–water partition coefficient (Wildman–Crippen LogP) is 2.57. The molecule has 2 aliphatic rings. The van der Waals surface area contributed by atoms with Gasteiger partial charge in [0.1, 0.15) is 18.1 Å². The molecular formula is C27H26N2O9S2. The second kappa shape index (κ2) is 11.0. The zero-order valence-corrected chi connectivity index (χ0v) is 23.1. The monoisotopic (exact) mass is 586 g/mol. The fraction of sp³-hybridized carbons (Fsp3) is 0.259. The molecule has 2 aliphatic heterocycles. The lowest BCUT2D eigenvalue weighted by Gasteiger charge is -2.39. The lowest BCUT2D eigenvalue weighted by atomic mass is 10.1. The molecule has 1 amide bonds. The first-order valence-electron chi connectivity index (χ1n) is 12.3. The number of anilines is 1. The van der Waals surface area contributed by atoms with Crippen LogP contribution in [0.2, 0.25) is 0 Å². The third kappa shape index (κ3) is 5.87. The Morgan fingerprint density at radius 3 is 2.23 bits per heavy atom. The highest BCUT2D eigenvalue weighted by Gasteiger charge is 2.41. The van der Waals surface area contributed by atoms with Crippen LogP contribution >= 0.6 is 0 Å². The number of para-hydroxylation sites is 1. The lowest BCUT2D eigenvalue weighted by molar-refractivity contribution is -0.114. The summed E-state index contributed by atoms with van der Waals surface area (Å²) < 4.78 is 65.6. The summed E-state index contributed by atoms with van der Waals surface area (Å²) in [4.78, 5) is 26.8. The summed E-state index contributed by atoms with van der Waals surface area (Å²) >= 11 is 0. The zero-order valence-electron chi connectivity index (χ0n) is 21.4. The van der Waals surface area contributed by atoms with E-state index < -0.39 is 38.6 Å². The van der Waals surface area contributed by atoms with Crippen LogP contribution in [0.4, 0.5) is 5.69 Å². The van der Waals surface area contributed by atoms with E-state index in [9.17, 15) is 26.4 Å². The van der Waals surface area contributed by atoms with Gasteiger partial charge in [-0.1, -0.05) is 30.3 Å². The van der Waals surface area contributed by atoms with E-state index in [4.69, 9.17) is 9.47 Å². The molecule has 11 nitrogen and oxygen atoms in total. The van der Waals surface area contributed by atoms with E-state index in [0.29, 0.717) is 35.7 Å². The molecule has 2 heterocycles. The molecule has 0 unspecified atom stereocenters. The largest absolute Gasteiger partial charge is 0.492 e. The van der Waals surface area contributed by atoms with Crippen molar-refractivity contribution in [3.05, 3.63) is 83.9 Å². The van der Waals surface area contributed by atoms with Crippen molar-refractivity contribution < 1.29 is 40.1 Å². The normalized spacial score (nSPS) is 17.4. The fourth-order valence-electron chi connectivity index (χ4n) is 4.39. The minimum absolute atomic E-state index is 0.0292. The van der Waals surface area contributed by atoms with Gasteiger partial charge in [0, 0.05) is 6.54 Å². The number of carbonyl (C=O) groups is 2. The number of amides is 1. The molecule has 0 bridgehead atoms. The van der Waals surface area contributed by atoms with Gasteiger partial charge < -0.3 is 14.4 Å². The summed E-state index contributed by atoms with van der Waals surface area (Å²) in [6.45, 7) is 0.123.